The van der Waals surface area contributed by atoms with E-state index in [1.165, 1.54) is 12.1 Å². The highest BCUT2D eigenvalue weighted by molar-refractivity contribution is 5.88. The summed E-state index contributed by atoms with van der Waals surface area (Å²) in [4.78, 5) is 10.8. The van der Waals surface area contributed by atoms with Crippen LogP contribution >= 0.6 is 0 Å². The van der Waals surface area contributed by atoms with E-state index in [9.17, 15) is 9.18 Å². The third-order valence-corrected chi connectivity index (χ3v) is 3.99. The largest absolute Gasteiger partial charge is 0.490 e. The highest BCUT2D eigenvalue weighted by Gasteiger charge is 2.41. The topological polar surface area (TPSA) is 65.0 Å². The molecule has 3 rings (SSSR count). The third kappa shape index (κ3) is 3.01. The van der Waals surface area contributed by atoms with Crippen LogP contribution in [0.4, 0.5) is 4.39 Å². The average Bonchev–Trinajstić information content (AvgIpc) is 2.86. The van der Waals surface area contributed by atoms with Gasteiger partial charge in [0.1, 0.15) is 17.7 Å². The van der Waals surface area contributed by atoms with Crippen molar-refractivity contribution in [3.8, 4) is 5.75 Å². The van der Waals surface area contributed by atoms with Crippen LogP contribution in [-0.4, -0.2) is 42.6 Å². The van der Waals surface area contributed by atoms with Crippen molar-refractivity contribution in [1.29, 1.82) is 0 Å². The first-order valence-corrected chi connectivity index (χ1v) is 6.99. The Labute approximate surface area is 121 Å². The van der Waals surface area contributed by atoms with Gasteiger partial charge in [0.05, 0.1) is 24.4 Å². The van der Waals surface area contributed by atoms with Crippen LogP contribution in [0.15, 0.2) is 18.2 Å². The summed E-state index contributed by atoms with van der Waals surface area (Å²) in [5.74, 6) is -1.73. The molecule has 1 aromatic rings. The van der Waals surface area contributed by atoms with Gasteiger partial charge in [-0.3, -0.25) is 0 Å². The van der Waals surface area contributed by atoms with E-state index in [2.05, 4.69) is 0 Å². The number of carboxylic acid groups (broad SMARTS) is 1. The molecule has 2 aliphatic rings. The number of hydrogen-bond acceptors (Lipinski definition) is 4. The van der Waals surface area contributed by atoms with Crippen molar-refractivity contribution >= 4 is 5.97 Å². The average molecular weight is 296 g/mol. The van der Waals surface area contributed by atoms with Gasteiger partial charge in [0.25, 0.3) is 0 Å². The predicted molar refractivity (Wildman–Crippen MR) is 71.1 cm³/mol. The molecule has 1 aromatic carbocycles. The Bertz CT molecular complexity index is 539. The van der Waals surface area contributed by atoms with Crippen LogP contribution in [0.1, 0.15) is 29.6 Å². The minimum Gasteiger partial charge on any atom is -0.490 e. The number of halogens is 1. The van der Waals surface area contributed by atoms with Crippen LogP contribution in [0.5, 0.6) is 5.75 Å². The molecule has 5 nitrogen and oxygen atoms in total. The van der Waals surface area contributed by atoms with Crippen LogP contribution in [0.3, 0.4) is 0 Å². The van der Waals surface area contributed by atoms with Gasteiger partial charge in [0.2, 0.25) is 0 Å². The lowest BCUT2D eigenvalue weighted by atomic mass is 9.91. The van der Waals surface area contributed by atoms with Crippen molar-refractivity contribution in [3.63, 3.8) is 0 Å². The molecule has 2 atom stereocenters. The number of carbonyl (C=O) groups is 1. The van der Waals surface area contributed by atoms with Gasteiger partial charge in [0, 0.05) is 31.9 Å². The third-order valence-electron chi connectivity index (χ3n) is 3.99. The molecule has 6 heteroatoms. The first kappa shape index (κ1) is 14.3. The fourth-order valence-corrected chi connectivity index (χ4v) is 2.88. The molecular weight excluding hydrogens is 279 g/mol. The van der Waals surface area contributed by atoms with Crippen molar-refractivity contribution in [2.24, 2.45) is 0 Å². The Hall–Kier alpha value is -1.66. The summed E-state index contributed by atoms with van der Waals surface area (Å²) in [6, 6.07) is 3.83. The molecule has 2 unspecified atom stereocenters. The minimum absolute atomic E-state index is 0.0736. The highest BCUT2D eigenvalue weighted by Crippen LogP contribution is 2.34. The molecule has 1 N–H and O–H groups in total. The second kappa shape index (κ2) is 5.61. The number of benzene rings is 1. The maximum absolute atomic E-state index is 13.6. The fraction of sp³-hybridized carbons (Fsp3) is 0.533. The zero-order valence-corrected chi connectivity index (χ0v) is 11.5. The van der Waals surface area contributed by atoms with Crippen molar-refractivity contribution in [2.75, 3.05) is 19.8 Å². The molecular formula is C15H17FO5. The van der Waals surface area contributed by atoms with Gasteiger partial charge in [-0.25, -0.2) is 9.18 Å². The molecule has 2 heterocycles. The van der Waals surface area contributed by atoms with E-state index in [1.54, 1.807) is 0 Å². The molecule has 114 valence electrons. The van der Waals surface area contributed by atoms with E-state index in [4.69, 9.17) is 19.3 Å². The first-order chi connectivity index (χ1) is 10.1. The van der Waals surface area contributed by atoms with E-state index < -0.39 is 11.8 Å². The SMILES string of the molecule is O=C(O)c1ccc(OC2CCOC3(CCOC3)C2)cc1F. The smallest absolute Gasteiger partial charge is 0.338 e. The maximum atomic E-state index is 13.6. The normalized spacial score (nSPS) is 28.7. The molecule has 0 aliphatic carbocycles. The second-order valence-corrected chi connectivity index (χ2v) is 5.51. The maximum Gasteiger partial charge on any atom is 0.338 e. The van der Waals surface area contributed by atoms with E-state index in [0.29, 0.717) is 32.0 Å². The fourth-order valence-electron chi connectivity index (χ4n) is 2.88. The predicted octanol–water partition coefficient (Wildman–Crippen LogP) is 2.24. The summed E-state index contributed by atoms with van der Waals surface area (Å²) in [6.07, 6.45) is 2.20. The van der Waals surface area contributed by atoms with E-state index in [-0.39, 0.29) is 17.3 Å². The van der Waals surface area contributed by atoms with Crippen LogP contribution in [0.25, 0.3) is 0 Å². The monoisotopic (exact) mass is 296 g/mol. The molecule has 2 aliphatic heterocycles. The molecule has 0 aromatic heterocycles. The number of carboxylic acids is 1. The molecule has 0 amide bonds. The second-order valence-electron chi connectivity index (χ2n) is 5.51. The molecule has 0 saturated carbocycles. The van der Waals surface area contributed by atoms with Crippen molar-refractivity contribution in [1.82, 2.24) is 0 Å². The van der Waals surface area contributed by atoms with Gasteiger partial charge < -0.3 is 19.3 Å². The lowest BCUT2D eigenvalue weighted by Crippen LogP contribution is -2.44. The van der Waals surface area contributed by atoms with Crippen LogP contribution in [0.2, 0.25) is 0 Å². The molecule has 0 radical (unpaired) electrons. The number of aromatic carboxylic acids is 1. The standard InChI is InChI=1S/C15H17FO5/c16-13-7-10(1-2-12(13)14(17)18)21-11-3-5-20-15(8-11)4-6-19-9-15/h1-2,7,11H,3-6,8-9H2,(H,17,18). The van der Waals surface area contributed by atoms with Gasteiger partial charge in [-0.1, -0.05) is 0 Å². The van der Waals surface area contributed by atoms with Gasteiger partial charge in [-0.15, -0.1) is 0 Å². The van der Waals surface area contributed by atoms with E-state index in [0.717, 1.165) is 18.9 Å². The lowest BCUT2D eigenvalue weighted by molar-refractivity contribution is -0.112. The summed E-state index contributed by atoms with van der Waals surface area (Å²) >= 11 is 0. The zero-order chi connectivity index (χ0) is 14.9. The molecule has 2 saturated heterocycles. The quantitative estimate of drug-likeness (QED) is 0.926. The van der Waals surface area contributed by atoms with Crippen LogP contribution < -0.4 is 4.74 Å². The molecule has 21 heavy (non-hydrogen) atoms. The highest BCUT2D eigenvalue weighted by atomic mass is 19.1. The lowest BCUT2D eigenvalue weighted by Gasteiger charge is -2.37. The van der Waals surface area contributed by atoms with Gasteiger partial charge >= 0.3 is 5.97 Å². The summed E-state index contributed by atoms with van der Waals surface area (Å²) in [7, 11) is 0. The van der Waals surface area contributed by atoms with E-state index in [1.807, 2.05) is 0 Å². The van der Waals surface area contributed by atoms with Crippen LogP contribution in [-0.2, 0) is 9.47 Å². The van der Waals surface area contributed by atoms with Crippen molar-refractivity contribution < 1.29 is 28.5 Å². The summed E-state index contributed by atoms with van der Waals surface area (Å²) in [6.45, 7) is 1.84. The molecule has 1 spiro atoms. The molecule has 0 bridgehead atoms. The Morgan fingerprint density at radius 3 is 2.95 bits per heavy atom. The van der Waals surface area contributed by atoms with Crippen LogP contribution in [0, 0.1) is 5.82 Å². The summed E-state index contributed by atoms with van der Waals surface area (Å²) < 4.78 is 30.6. The van der Waals surface area contributed by atoms with Gasteiger partial charge in [0.15, 0.2) is 0 Å². The molecule has 2 fully saturated rings. The Morgan fingerprint density at radius 1 is 1.43 bits per heavy atom. The van der Waals surface area contributed by atoms with Gasteiger partial charge in [-0.05, 0) is 12.1 Å². The van der Waals surface area contributed by atoms with E-state index >= 15 is 0 Å². The number of rotatable bonds is 3. The summed E-state index contributed by atoms with van der Waals surface area (Å²) in [5.41, 5.74) is -0.627. The Kier molecular flexibility index (Phi) is 3.82. The van der Waals surface area contributed by atoms with Crippen molar-refractivity contribution in [2.45, 2.75) is 31.0 Å². The number of hydrogen-bond donors (Lipinski definition) is 1. The van der Waals surface area contributed by atoms with Gasteiger partial charge in [-0.2, -0.15) is 0 Å². The van der Waals surface area contributed by atoms with Crippen molar-refractivity contribution in [3.05, 3.63) is 29.6 Å². The zero-order valence-electron chi connectivity index (χ0n) is 11.5. The Morgan fingerprint density at radius 2 is 2.29 bits per heavy atom. The summed E-state index contributed by atoms with van der Waals surface area (Å²) in [5, 5.41) is 8.81. The minimum atomic E-state index is -1.29. The Balaban J connectivity index is 1.68. The number of ether oxygens (including phenoxy) is 3. The first-order valence-electron chi connectivity index (χ1n) is 6.99.